The highest BCUT2D eigenvalue weighted by atomic mass is 16.5. The molecule has 0 bridgehead atoms. The molecule has 2 aromatic rings. The minimum absolute atomic E-state index is 0.297. The van der Waals surface area contributed by atoms with E-state index >= 15 is 0 Å². The molecule has 0 radical (unpaired) electrons. The molecule has 0 aromatic heterocycles. The first-order valence-corrected chi connectivity index (χ1v) is 7.93. The van der Waals surface area contributed by atoms with Crippen molar-refractivity contribution in [3.05, 3.63) is 58.1 Å². The van der Waals surface area contributed by atoms with Gasteiger partial charge in [0.1, 0.15) is 0 Å². The lowest BCUT2D eigenvalue weighted by molar-refractivity contribution is 0.316. The molecule has 0 N–H and O–H groups in total. The van der Waals surface area contributed by atoms with Crippen LogP contribution in [0.25, 0.3) is 0 Å². The van der Waals surface area contributed by atoms with E-state index in [9.17, 15) is 0 Å². The Morgan fingerprint density at radius 1 is 1.09 bits per heavy atom. The molecule has 0 unspecified atom stereocenters. The van der Waals surface area contributed by atoms with Gasteiger partial charge < -0.3 is 9.47 Å². The number of rotatable bonds is 3. The van der Waals surface area contributed by atoms with Crippen LogP contribution in [0.1, 0.15) is 53.5 Å². The van der Waals surface area contributed by atoms with Crippen LogP contribution in [-0.2, 0) is 0 Å². The minimum Gasteiger partial charge on any atom is -0.493 e. The summed E-state index contributed by atoms with van der Waals surface area (Å²) in [6.07, 6.45) is 0. The highest BCUT2D eigenvalue weighted by Gasteiger charge is 2.31. The largest absolute Gasteiger partial charge is 0.493 e. The molecule has 0 aliphatic carbocycles. The van der Waals surface area contributed by atoms with Crippen LogP contribution >= 0.6 is 0 Å². The lowest BCUT2D eigenvalue weighted by atomic mass is 9.88. The Bertz CT molecular complexity index is 684. The quantitative estimate of drug-likeness (QED) is 0.797. The van der Waals surface area contributed by atoms with Crippen LogP contribution in [0.2, 0.25) is 0 Å². The van der Waals surface area contributed by atoms with E-state index in [0.717, 1.165) is 17.1 Å². The number of hydrogen-bond donors (Lipinski definition) is 0. The van der Waals surface area contributed by atoms with Crippen LogP contribution in [-0.4, -0.2) is 13.7 Å². The Morgan fingerprint density at radius 2 is 1.77 bits per heavy atom. The van der Waals surface area contributed by atoms with Gasteiger partial charge in [-0.2, -0.15) is 0 Å². The Hall–Kier alpha value is -1.96. The number of ether oxygens (including phenoxy) is 2. The van der Waals surface area contributed by atoms with Crippen molar-refractivity contribution in [3.63, 3.8) is 0 Å². The van der Waals surface area contributed by atoms with E-state index in [1.807, 2.05) is 0 Å². The molecule has 0 saturated heterocycles. The van der Waals surface area contributed by atoms with Gasteiger partial charge in [-0.3, -0.25) is 0 Å². The van der Waals surface area contributed by atoms with Crippen LogP contribution in [0.4, 0.5) is 0 Å². The molecule has 2 aromatic carbocycles. The maximum atomic E-state index is 6.00. The molecule has 22 heavy (non-hydrogen) atoms. The molecular formula is C20H24O2. The fourth-order valence-electron chi connectivity index (χ4n) is 3.40. The first-order valence-electron chi connectivity index (χ1n) is 7.93. The van der Waals surface area contributed by atoms with E-state index in [0.29, 0.717) is 18.4 Å². The second-order valence-electron chi connectivity index (χ2n) is 6.47. The number of hydrogen-bond acceptors (Lipinski definition) is 2. The third-order valence-corrected chi connectivity index (χ3v) is 4.62. The van der Waals surface area contributed by atoms with Gasteiger partial charge in [0, 0.05) is 11.5 Å². The standard InChI is InChI=1S/C20H24O2/c1-12(2)15-6-8-16(9-7-15)17-11-22-20-18(17)13(3)10-14(4)19(20)21-5/h6-10,12,17H,11H2,1-5H3/t17-/m1/s1. The van der Waals surface area contributed by atoms with Crippen LogP contribution < -0.4 is 9.47 Å². The van der Waals surface area contributed by atoms with E-state index < -0.39 is 0 Å². The highest BCUT2D eigenvalue weighted by Crippen LogP contribution is 2.47. The molecule has 116 valence electrons. The Kier molecular flexibility index (Phi) is 3.86. The van der Waals surface area contributed by atoms with E-state index in [-0.39, 0.29) is 0 Å². The molecular weight excluding hydrogens is 272 g/mol. The summed E-state index contributed by atoms with van der Waals surface area (Å²) < 4.78 is 11.6. The average Bonchev–Trinajstić information content (AvgIpc) is 2.93. The lowest BCUT2D eigenvalue weighted by Crippen LogP contribution is -2.04. The van der Waals surface area contributed by atoms with Crippen LogP contribution in [0.3, 0.4) is 0 Å². The number of benzene rings is 2. The average molecular weight is 296 g/mol. The summed E-state index contributed by atoms with van der Waals surface area (Å²) in [6.45, 7) is 9.37. The summed E-state index contributed by atoms with van der Waals surface area (Å²) in [7, 11) is 1.71. The van der Waals surface area contributed by atoms with Gasteiger partial charge in [0.25, 0.3) is 0 Å². The van der Waals surface area contributed by atoms with Gasteiger partial charge in [0.15, 0.2) is 11.5 Å². The highest BCUT2D eigenvalue weighted by molar-refractivity contribution is 5.60. The molecule has 1 heterocycles. The van der Waals surface area contributed by atoms with Gasteiger partial charge in [0.2, 0.25) is 0 Å². The first-order chi connectivity index (χ1) is 10.5. The van der Waals surface area contributed by atoms with E-state index in [1.165, 1.54) is 22.3 Å². The molecule has 1 atom stereocenters. The number of methoxy groups -OCH3 is 1. The second kappa shape index (κ2) is 5.68. The van der Waals surface area contributed by atoms with Gasteiger partial charge in [0.05, 0.1) is 13.7 Å². The molecule has 3 rings (SSSR count). The van der Waals surface area contributed by atoms with Crippen molar-refractivity contribution in [1.82, 2.24) is 0 Å². The van der Waals surface area contributed by atoms with Crippen LogP contribution in [0.15, 0.2) is 30.3 Å². The zero-order valence-corrected chi connectivity index (χ0v) is 14.1. The molecule has 2 nitrogen and oxygen atoms in total. The predicted molar refractivity (Wildman–Crippen MR) is 90.3 cm³/mol. The van der Waals surface area contributed by atoms with Gasteiger partial charge >= 0.3 is 0 Å². The van der Waals surface area contributed by atoms with Crippen LogP contribution in [0, 0.1) is 13.8 Å². The fourth-order valence-corrected chi connectivity index (χ4v) is 3.40. The SMILES string of the molecule is COc1c(C)cc(C)c2c1OC[C@@H]2c1ccc(C(C)C)cc1. The van der Waals surface area contributed by atoms with Crippen molar-refractivity contribution in [2.24, 2.45) is 0 Å². The topological polar surface area (TPSA) is 18.5 Å². The molecule has 0 spiro atoms. The zero-order chi connectivity index (χ0) is 15.9. The van der Waals surface area contributed by atoms with Crippen molar-refractivity contribution in [2.75, 3.05) is 13.7 Å². The van der Waals surface area contributed by atoms with Crippen LogP contribution in [0.5, 0.6) is 11.5 Å². The maximum Gasteiger partial charge on any atom is 0.165 e. The maximum absolute atomic E-state index is 6.00. The summed E-state index contributed by atoms with van der Waals surface area (Å²) in [6, 6.07) is 11.1. The minimum atomic E-state index is 0.297. The second-order valence-corrected chi connectivity index (χ2v) is 6.47. The zero-order valence-electron chi connectivity index (χ0n) is 14.1. The molecule has 0 saturated carbocycles. The summed E-state index contributed by atoms with van der Waals surface area (Å²) in [5.74, 6) is 2.66. The predicted octanol–water partition coefficient (Wildman–Crippen LogP) is 4.96. The lowest BCUT2D eigenvalue weighted by Gasteiger charge is -2.15. The Balaban J connectivity index is 2.04. The number of aryl methyl sites for hydroxylation is 2. The summed E-state index contributed by atoms with van der Waals surface area (Å²) >= 11 is 0. The van der Waals surface area contributed by atoms with Crippen molar-refractivity contribution in [3.8, 4) is 11.5 Å². The van der Waals surface area contributed by atoms with E-state index in [2.05, 4.69) is 58.0 Å². The van der Waals surface area contributed by atoms with E-state index in [4.69, 9.17) is 9.47 Å². The third kappa shape index (κ3) is 2.37. The summed E-state index contributed by atoms with van der Waals surface area (Å²) in [5.41, 5.74) is 6.39. The number of fused-ring (bicyclic) bond motifs is 1. The molecule has 1 aliphatic rings. The van der Waals surface area contributed by atoms with Crippen molar-refractivity contribution < 1.29 is 9.47 Å². The monoisotopic (exact) mass is 296 g/mol. The molecule has 0 amide bonds. The Labute approximate surface area is 133 Å². The van der Waals surface area contributed by atoms with Crippen molar-refractivity contribution in [1.29, 1.82) is 0 Å². The summed E-state index contributed by atoms with van der Waals surface area (Å²) in [4.78, 5) is 0. The van der Waals surface area contributed by atoms with Gasteiger partial charge in [-0.05, 0) is 42.0 Å². The molecule has 1 aliphatic heterocycles. The fraction of sp³-hybridized carbons (Fsp3) is 0.400. The van der Waals surface area contributed by atoms with Crippen molar-refractivity contribution in [2.45, 2.75) is 39.5 Å². The summed E-state index contributed by atoms with van der Waals surface area (Å²) in [5, 5.41) is 0. The Morgan fingerprint density at radius 3 is 2.36 bits per heavy atom. The molecule has 2 heteroatoms. The van der Waals surface area contributed by atoms with Gasteiger partial charge in [-0.15, -0.1) is 0 Å². The third-order valence-electron chi connectivity index (χ3n) is 4.62. The van der Waals surface area contributed by atoms with E-state index in [1.54, 1.807) is 7.11 Å². The molecule has 0 fully saturated rings. The smallest absolute Gasteiger partial charge is 0.165 e. The van der Waals surface area contributed by atoms with Gasteiger partial charge in [-0.25, -0.2) is 0 Å². The van der Waals surface area contributed by atoms with Gasteiger partial charge in [-0.1, -0.05) is 44.2 Å². The van der Waals surface area contributed by atoms with Crippen molar-refractivity contribution >= 4 is 0 Å². The first kappa shape index (κ1) is 15.0. The normalized spacial score (nSPS) is 16.5.